The van der Waals surface area contributed by atoms with Crippen molar-refractivity contribution in [3.05, 3.63) is 131 Å². The quantitative estimate of drug-likeness (QED) is 0.182. The molecule has 4 rings (SSSR count). The standard InChI is InChI=1S/C30H29N5O8/c1-19-18-35(30(42)32-27(19)39)16-14-33(13-15-34-12-11-26(38)31-29(34)41)28(40)22-5-3-20(4-6-22)24(36)17-25(37)21-7-9-23(43-2)10-8-21/h3-12,18H,13-17H2,1-2H3,(H,31,38,41)(H,32,39,42). The van der Waals surface area contributed by atoms with Crippen LogP contribution in [-0.2, 0) is 13.1 Å². The van der Waals surface area contributed by atoms with E-state index >= 15 is 0 Å². The Bertz CT molecular complexity index is 1880. The molecule has 0 radical (unpaired) electrons. The number of aromatic amines is 2. The van der Waals surface area contributed by atoms with Gasteiger partial charge in [-0.2, -0.15) is 0 Å². The molecule has 0 bridgehead atoms. The Morgan fingerprint density at radius 2 is 1.28 bits per heavy atom. The zero-order chi connectivity index (χ0) is 31.1. The van der Waals surface area contributed by atoms with Crippen molar-refractivity contribution in [1.29, 1.82) is 0 Å². The minimum Gasteiger partial charge on any atom is -0.497 e. The second kappa shape index (κ2) is 13.4. The summed E-state index contributed by atoms with van der Waals surface area (Å²) in [7, 11) is 1.51. The highest BCUT2D eigenvalue weighted by molar-refractivity contribution is 6.13. The largest absolute Gasteiger partial charge is 0.497 e. The molecule has 0 spiro atoms. The minimum absolute atomic E-state index is 0.0406. The molecular formula is C30H29N5O8. The van der Waals surface area contributed by atoms with Gasteiger partial charge in [-0.25, -0.2) is 9.59 Å². The summed E-state index contributed by atoms with van der Waals surface area (Å²) in [5, 5.41) is 0. The summed E-state index contributed by atoms with van der Waals surface area (Å²) in [6, 6.07) is 13.4. The molecule has 0 aliphatic heterocycles. The van der Waals surface area contributed by atoms with Gasteiger partial charge in [0.1, 0.15) is 5.75 Å². The third-order valence-corrected chi connectivity index (χ3v) is 6.78. The number of rotatable bonds is 12. The predicted octanol–water partition coefficient (Wildman–Crippen LogP) is 1.00. The molecule has 222 valence electrons. The number of aromatic nitrogens is 4. The normalized spacial score (nSPS) is 10.7. The molecule has 2 N–H and O–H groups in total. The van der Waals surface area contributed by atoms with Crippen LogP contribution in [0.5, 0.6) is 5.75 Å². The maximum atomic E-state index is 13.5. The molecule has 0 fully saturated rings. The molecule has 2 aromatic carbocycles. The maximum Gasteiger partial charge on any atom is 0.328 e. The van der Waals surface area contributed by atoms with Gasteiger partial charge in [0.25, 0.3) is 17.0 Å². The summed E-state index contributed by atoms with van der Waals surface area (Å²) >= 11 is 0. The number of hydrogen-bond donors (Lipinski definition) is 2. The van der Waals surface area contributed by atoms with E-state index in [1.54, 1.807) is 31.2 Å². The van der Waals surface area contributed by atoms with Crippen molar-refractivity contribution in [3.63, 3.8) is 0 Å². The number of H-pyrrole nitrogens is 2. The van der Waals surface area contributed by atoms with Gasteiger partial charge in [-0.3, -0.25) is 43.1 Å². The van der Waals surface area contributed by atoms with E-state index in [0.717, 1.165) is 0 Å². The van der Waals surface area contributed by atoms with E-state index in [1.807, 2.05) is 0 Å². The highest BCUT2D eigenvalue weighted by Crippen LogP contribution is 2.15. The molecule has 0 atom stereocenters. The number of nitrogens with zero attached hydrogens (tertiary/aromatic N) is 3. The number of ether oxygens (including phenoxy) is 1. The Morgan fingerprint density at radius 3 is 1.86 bits per heavy atom. The van der Waals surface area contributed by atoms with Gasteiger partial charge in [0, 0.05) is 66.9 Å². The Balaban J connectivity index is 1.50. The van der Waals surface area contributed by atoms with Crippen LogP contribution in [0.4, 0.5) is 0 Å². The van der Waals surface area contributed by atoms with Crippen LogP contribution in [-0.4, -0.2) is 61.7 Å². The van der Waals surface area contributed by atoms with Crippen LogP contribution < -0.4 is 27.2 Å². The monoisotopic (exact) mass is 587 g/mol. The maximum absolute atomic E-state index is 13.5. The van der Waals surface area contributed by atoms with Crippen LogP contribution in [0.15, 0.2) is 86.2 Å². The summed E-state index contributed by atoms with van der Waals surface area (Å²) in [6.07, 6.45) is 2.35. The summed E-state index contributed by atoms with van der Waals surface area (Å²) in [4.78, 5) is 92.2. The van der Waals surface area contributed by atoms with Crippen molar-refractivity contribution in [3.8, 4) is 5.75 Å². The lowest BCUT2D eigenvalue weighted by atomic mass is 10.0. The summed E-state index contributed by atoms with van der Waals surface area (Å²) in [5.74, 6) is -0.630. The molecule has 0 unspecified atom stereocenters. The molecule has 2 heterocycles. The van der Waals surface area contributed by atoms with Crippen molar-refractivity contribution in [2.24, 2.45) is 0 Å². The Kier molecular flexibility index (Phi) is 9.45. The topological polar surface area (TPSA) is 173 Å². The van der Waals surface area contributed by atoms with E-state index in [-0.39, 0.29) is 49.5 Å². The van der Waals surface area contributed by atoms with Crippen LogP contribution in [0.25, 0.3) is 0 Å². The molecule has 13 nitrogen and oxygen atoms in total. The van der Waals surface area contributed by atoms with Crippen LogP contribution in [0.1, 0.15) is 43.1 Å². The lowest BCUT2D eigenvalue weighted by Crippen LogP contribution is -2.40. The van der Waals surface area contributed by atoms with E-state index in [4.69, 9.17) is 4.74 Å². The first-order valence-corrected chi connectivity index (χ1v) is 13.3. The van der Waals surface area contributed by atoms with Gasteiger partial charge >= 0.3 is 11.4 Å². The van der Waals surface area contributed by atoms with Crippen LogP contribution in [0.2, 0.25) is 0 Å². The van der Waals surface area contributed by atoms with Gasteiger partial charge in [0.05, 0.1) is 13.5 Å². The number of aryl methyl sites for hydroxylation is 1. The average Bonchev–Trinajstić information content (AvgIpc) is 3.00. The number of carbonyl (C=O) groups excluding carboxylic acids is 3. The Labute approximate surface area is 244 Å². The van der Waals surface area contributed by atoms with Crippen LogP contribution in [0, 0.1) is 6.92 Å². The lowest BCUT2D eigenvalue weighted by molar-refractivity contribution is 0.0741. The Hall–Kier alpha value is -5.59. The second-order valence-corrected chi connectivity index (χ2v) is 9.69. The second-order valence-electron chi connectivity index (χ2n) is 9.69. The molecule has 0 saturated carbocycles. The lowest BCUT2D eigenvalue weighted by Gasteiger charge is -2.24. The van der Waals surface area contributed by atoms with Gasteiger partial charge in [0.2, 0.25) is 0 Å². The molecule has 2 aromatic heterocycles. The van der Waals surface area contributed by atoms with Crippen molar-refractivity contribution in [2.45, 2.75) is 26.4 Å². The summed E-state index contributed by atoms with van der Waals surface area (Å²) in [5.41, 5.74) is -1.16. The van der Waals surface area contributed by atoms with Crippen molar-refractivity contribution >= 4 is 17.5 Å². The number of hydrogen-bond acceptors (Lipinski definition) is 8. The van der Waals surface area contributed by atoms with E-state index < -0.39 is 34.2 Å². The molecule has 43 heavy (non-hydrogen) atoms. The number of nitrogens with one attached hydrogen (secondary N) is 2. The summed E-state index contributed by atoms with van der Waals surface area (Å²) in [6.45, 7) is 1.73. The first-order valence-electron chi connectivity index (χ1n) is 13.3. The SMILES string of the molecule is COc1ccc(C(=O)CC(=O)c2ccc(C(=O)N(CCn3ccc(=O)[nH]c3=O)CCn3cc(C)c(=O)[nH]c3=O)cc2)cc1. The molecule has 4 aromatic rings. The fourth-order valence-electron chi connectivity index (χ4n) is 4.28. The third-order valence-electron chi connectivity index (χ3n) is 6.78. The third kappa shape index (κ3) is 7.58. The molecule has 1 amide bonds. The first kappa shape index (κ1) is 30.4. The van der Waals surface area contributed by atoms with Crippen LogP contribution in [0.3, 0.4) is 0 Å². The number of Topliss-reactive ketones (excluding diaryl/α,β-unsaturated/α-hetero) is 2. The number of methoxy groups -OCH3 is 1. The van der Waals surface area contributed by atoms with E-state index in [9.17, 15) is 33.6 Å². The fourth-order valence-corrected chi connectivity index (χ4v) is 4.28. The van der Waals surface area contributed by atoms with Gasteiger partial charge in [-0.05, 0) is 43.3 Å². The average molecular weight is 588 g/mol. The van der Waals surface area contributed by atoms with Crippen molar-refractivity contribution < 1.29 is 19.1 Å². The number of amides is 1. The van der Waals surface area contributed by atoms with Gasteiger partial charge in [-0.1, -0.05) is 12.1 Å². The highest BCUT2D eigenvalue weighted by Gasteiger charge is 2.19. The van der Waals surface area contributed by atoms with Crippen molar-refractivity contribution in [2.75, 3.05) is 20.2 Å². The highest BCUT2D eigenvalue weighted by atomic mass is 16.5. The van der Waals surface area contributed by atoms with E-state index in [1.165, 1.54) is 63.9 Å². The zero-order valence-electron chi connectivity index (χ0n) is 23.5. The molecule has 13 heteroatoms. The molecule has 0 aliphatic rings. The smallest absolute Gasteiger partial charge is 0.328 e. The minimum atomic E-state index is -0.639. The van der Waals surface area contributed by atoms with Crippen molar-refractivity contribution in [1.82, 2.24) is 24.0 Å². The molecule has 0 aliphatic carbocycles. The number of ketones is 2. The Morgan fingerprint density at radius 1 is 0.744 bits per heavy atom. The van der Waals surface area contributed by atoms with Gasteiger partial charge in [0.15, 0.2) is 11.6 Å². The predicted molar refractivity (Wildman–Crippen MR) is 156 cm³/mol. The fraction of sp³-hybridized carbons (Fsp3) is 0.233. The van der Waals surface area contributed by atoms with Gasteiger partial charge < -0.3 is 9.64 Å². The zero-order valence-corrected chi connectivity index (χ0v) is 23.5. The van der Waals surface area contributed by atoms with E-state index in [0.29, 0.717) is 16.9 Å². The number of benzene rings is 2. The van der Waals surface area contributed by atoms with Gasteiger partial charge in [-0.15, -0.1) is 0 Å². The molecule has 0 saturated heterocycles. The van der Waals surface area contributed by atoms with E-state index in [2.05, 4.69) is 9.97 Å². The molecular weight excluding hydrogens is 558 g/mol. The van der Waals surface area contributed by atoms with Crippen LogP contribution >= 0.6 is 0 Å². The summed E-state index contributed by atoms with van der Waals surface area (Å²) < 4.78 is 7.59. The number of carbonyl (C=O) groups is 3. The first-order chi connectivity index (χ1) is 20.5.